The van der Waals surface area contributed by atoms with Crippen molar-refractivity contribution in [3.63, 3.8) is 0 Å². The van der Waals surface area contributed by atoms with Gasteiger partial charge in [0, 0.05) is 11.9 Å². The number of nitrogens with two attached hydrogens (primary N) is 1. The van der Waals surface area contributed by atoms with E-state index in [1.165, 1.54) is 6.21 Å². The molecule has 0 atom stereocenters. The summed E-state index contributed by atoms with van der Waals surface area (Å²) in [6.45, 7) is 4.20. The van der Waals surface area contributed by atoms with Crippen LogP contribution in [0.4, 0.5) is 0 Å². The maximum atomic E-state index is 6.70. The number of hydrogen-bond donors (Lipinski definition) is 2. The third-order valence-electron chi connectivity index (χ3n) is 0.941. The zero-order valence-corrected chi connectivity index (χ0v) is 6.02. The molecule has 0 aliphatic carbocycles. The fourth-order valence-electron chi connectivity index (χ4n) is 0.646. The van der Waals surface area contributed by atoms with Crippen LogP contribution in [-0.4, -0.2) is 6.21 Å². The Kier molecular flexibility index (Phi) is 3.76. The van der Waals surface area contributed by atoms with Crippen molar-refractivity contribution in [2.45, 2.75) is 20.3 Å². The smallest absolute Gasteiger partial charge is 0.0194 e. The molecule has 0 aromatic rings. The van der Waals surface area contributed by atoms with Crippen molar-refractivity contribution in [2.75, 3.05) is 0 Å². The van der Waals surface area contributed by atoms with Gasteiger partial charge in [-0.1, -0.05) is 13.8 Å². The largest absolute Gasteiger partial charge is 0.402 e. The molecule has 0 aromatic carbocycles. The Hall–Kier alpha value is -0.790. The van der Waals surface area contributed by atoms with Gasteiger partial charge in [-0.2, -0.15) is 0 Å². The molecule has 0 heterocycles. The van der Waals surface area contributed by atoms with Crippen LogP contribution in [0.2, 0.25) is 0 Å². The molecule has 0 unspecified atom stereocenters. The molecule has 0 saturated carbocycles. The lowest BCUT2D eigenvalue weighted by molar-refractivity contribution is 0.639. The predicted molar refractivity (Wildman–Crippen MR) is 40.5 cm³/mol. The van der Waals surface area contributed by atoms with E-state index in [0.717, 1.165) is 12.1 Å². The van der Waals surface area contributed by atoms with Gasteiger partial charge in [-0.25, -0.2) is 0 Å². The van der Waals surface area contributed by atoms with E-state index in [2.05, 4.69) is 13.8 Å². The summed E-state index contributed by atoms with van der Waals surface area (Å²) in [5.74, 6) is 0.584. The average Bonchev–Trinajstić information content (AvgIpc) is 1.63. The molecule has 3 N–H and O–H groups in total. The number of allylic oxidation sites excluding steroid dienone is 2. The first kappa shape index (κ1) is 8.21. The van der Waals surface area contributed by atoms with Gasteiger partial charge in [0.05, 0.1) is 0 Å². The Morgan fingerprint density at radius 1 is 1.67 bits per heavy atom. The van der Waals surface area contributed by atoms with E-state index >= 15 is 0 Å². The third kappa shape index (κ3) is 5.07. The normalized spacial score (nSPS) is 12.1. The highest BCUT2D eigenvalue weighted by atomic mass is 14.6. The molecule has 2 heteroatoms. The van der Waals surface area contributed by atoms with Crippen molar-refractivity contribution in [1.29, 1.82) is 5.41 Å². The molecule has 0 aliphatic heterocycles. The Balaban J connectivity index is 3.61. The van der Waals surface area contributed by atoms with E-state index in [4.69, 9.17) is 11.1 Å². The van der Waals surface area contributed by atoms with Crippen LogP contribution in [0.5, 0.6) is 0 Å². The number of nitrogens with one attached hydrogen (secondary N) is 1. The van der Waals surface area contributed by atoms with Crippen molar-refractivity contribution < 1.29 is 0 Å². The van der Waals surface area contributed by atoms with Gasteiger partial charge in [-0.3, -0.25) is 0 Å². The van der Waals surface area contributed by atoms with Crippen LogP contribution in [0.15, 0.2) is 11.8 Å². The van der Waals surface area contributed by atoms with Crippen LogP contribution in [0.1, 0.15) is 20.3 Å². The van der Waals surface area contributed by atoms with E-state index in [-0.39, 0.29) is 0 Å². The Bertz CT molecular complexity index is 114. The molecule has 9 heavy (non-hydrogen) atoms. The molecule has 0 radical (unpaired) electrons. The molecule has 52 valence electrons. The van der Waals surface area contributed by atoms with Crippen LogP contribution in [0, 0.1) is 11.3 Å². The molecule has 0 amide bonds. The Morgan fingerprint density at radius 3 is 2.56 bits per heavy atom. The number of hydrogen-bond acceptors (Lipinski definition) is 2. The highest BCUT2D eigenvalue weighted by molar-refractivity contribution is 5.68. The van der Waals surface area contributed by atoms with Gasteiger partial charge in [-0.15, -0.1) is 0 Å². The molecule has 0 spiro atoms. The number of rotatable bonds is 3. The first-order valence-corrected chi connectivity index (χ1v) is 3.12. The molecule has 2 nitrogen and oxygen atoms in total. The molecule has 0 aliphatic rings. The van der Waals surface area contributed by atoms with Gasteiger partial charge in [0.25, 0.3) is 0 Å². The second kappa shape index (κ2) is 4.13. The molecule has 0 fully saturated rings. The van der Waals surface area contributed by atoms with Gasteiger partial charge in [0.15, 0.2) is 0 Å². The maximum Gasteiger partial charge on any atom is 0.0194 e. The summed E-state index contributed by atoms with van der Waals surface area (Å²) in [6.07, 6.45) is 3.73. The van der Waals surface area contributed by atoms with E-state index in [9.17, 15) is 0 Å². The first-order valence-electron chi connectivity index (χ1n) is 3.12. The monoisotopic (exact) mass is 126 g/mol. The van der Waals surface area contributed by atoms with Crippen LogP contribution in [-0.2, 0) is 0 Å². The van der Waals surface area contributed by atoms with Gasteiger partial charge in [0.2, 0.25) is 0 Å². The Labute approximate surface area is 56.3 Å². The standard InChI is InChI=1S/C7H14N2/c1-6(2)5-7(9)3-4-8/h3-4,6,8H,5,9H2,1-2H3/b7-3-,8-4?. The van der Waals surface area contributed by atoms with Crippen molar-refractivity contribution in [3.05, 3.63) is 11.8 Å². The van der Waals surface area contributed by atoms with Gasteiger partial charge < -0.3 is 11.1 Å². The molecule has 0 aromatic heterocycles. The summed E-state index contributed by atoms with van der Waals surface area (Å²) in [6, 6.07) is 0. The molecule has 0 saturated heterocycles. The van der Waals surface area contributed by atoms with E-state index in [1.54, 1.807) is 6.08 Å². The second-order valence-electron chi connectivity index (χ2n) is 2.51. The van der Waals surface area contributed by atoms with Crippen LogP contribution in [0.25, 0.3) is 0 Å². The topological polar surface area (TPSA) is 49.9 Å². The van der Waals surface area contributed by atoms with E-state index < -0.39 is 0 Å². The molecular weight excluding hydrogens is 112 g/mol. The van der Waals surface area contributed by atoms with Crippen LogP contribution in [0.3, 0.4) is 0 Å². The molecular formula is C7H14N2. The van der Waals surface area contributed by atoms with E-state index in [1.807, 2.05) is 0 Å². The highest BCUT2D eigenvalue weighted by Crippen LogP contribution is 2.03. The van der Waals surface area contributed by atoms with Gasteiger partial charge in [-0.05, 0) is 18.4 Å². The summed E-state index contributed by atoms with van der Waals surface area (Å²) < 4.78 is 0. The van der Waals surface area contributed by atoms with Crippen molar-refractivity contribution in [1.82, 2.24) is 0 Å². The van der Waals surface area contributed by atoms with Crippen molar-refractivity contribution >= 4 is 6.21 Å². The second-order valence-corrected chi connectivity index (χ2v) is 2.51. The summed E-state index contributed by atoms with van der Waals surface area (Å²) in [5, 5.41) is 6.70. The average molecular weight is 126 g/mol. The van der Waals surface area contributed by atoms with Crippen LogP contribution >= 0.6 is 0 Å². The van der Waals surface area contributed by atoms with Gasteiger partial charge >= 0.3 is 0 Å². The lowest BCUT2D eigenvalue weighted by Crippen LogP contribution is -2.01. The SMILES string of the molecule is CC(C)C/C(N)=C/C=N. The zero-order valence-electron chi connectivity index (χ0n) is 6.02. The van der Waals surface area contributed by atoms with Crippen molar-refractivity contribution in [2.24, 2.45) is 11.7 Å². The highest BCUT2D eigenvalue weighted by Gasteiger charge is 1.93. The summed E-state index contributed by atoms with van der Waals surface area (Å²) in [4.78, 5) is 0. The lowest BCUT2D eigenvalue weighted by atomic mass is 10.1. The minimum absolute atomic E-state index is 0.584. The fourth-order valence-corrected chi connectivity index (χ4v) is 0.646. The molecule has 0 bridgehead atoms. The fraction of sp³-hybridized carbons (Fsp3) is 0.571. The Morgan fingerprint density at radius 2 is 2.22 bits per heavy atom. The quantitative estimate of drug-likeness (QED) is 0.553. The first-order chi connectivity index (χ1) is 4.16. The lowest BCUT2D eigenvalue weighted by Gasteiger charge is -2.01. The van der Waals surface area contributed by atoms with Crippen LogP contribution < -0.4 is 5.73 Å². The van der Waals surface area contributed by atoms with Gasteiger partial charge in [0.1, 0.15) is 0 Å². The maximum absolute atomic E-state index is 6.70. The zero-order chi connectivity index (χ0) is 7.28. The molecule has 0 rings (SSSR count). The van der Waals surface area contributed by atoms with Crippen molar-refractivity contribution in [3.8, 4) is 0 Å². The predicted octanol–water partition coefficient (Wildman–Crippen LogP) is 1.52. The third-order valence-corrected chi connectivity index (χ3v) is 0.941. The minimum Gasteiger partial charge on any atom is -0.402 e. The minimum atomic E-state index is 0.584. The summed E-state index contributed by atoms with van der Waals surface area (Å²) in [7, 11) is 0. The van der Waals surface area contributed by atoms with E-state index in [0.29, 0.717) is 5.92 Å². The summed E-state index contributed by atoms with van der Waals surface area (Å²) >= 11 is 0. The summed E-state index contributed by atoms with van der Waals surface area (Å²) in [5.41, 5.74) is 6.29.